The summed E-state index contributed by atoms with van der Waals surface area (Å²) in [6.07, 6.45) is 3.64. The fourth-order valence-electron chi connectivity index (χ4n) is 2.72. The van der Waals surface area contributed by atoms with Gasteiger partial charge in [0.1, 0.15) is 0 Å². The highest BCUT2D eigenvalue weighted by Gasteiger charge is 2.25. The molecular weight excluding hydrogens is 224 g/mol. The van der Waals surface area contributed by atoms with E-state index in [1.54, 1.807) is 0 Å². The molecule has 0 amide bonds. The molecule has 1 fully saturated rings. The summed E-state index contributed by atoms with van der Waals surface area (Å²) in [5, 5.41) is 21.4. The van der Waals surface area contributed by atoms with Crippen LogP contribution in [0.4, 0.5) is 0 Å². The molecule has 3 heteroatoms. The first-order valence-corrected chi connectivity index (χ1v) is 6.64. The Morgan fingerprint density at radius 3 is 2.61 bits per heavy atom. The molecular formula is C15H20N2O. The van der Waals surface area contributed by atoms with E-state index in [9.17, 15) is 5.11 Å². The molecule has 1 aliphatic carbocycles. The largest absolute Gasteiger partial charge is 0.396 e. The first-order chi connectivity index (χ1) is 8.83. The van der Waals surface area contributed by atoms with Crippen molar-refractivity contribution in [2.45, 2.75) is 25.8 Å². The molecule has 1 aromatic carbocycles. The fraction of sp³-hybridized carbons (Fsp3) is 0.533. The molecule has 0 heterocycles. The van der Waals surface area contributed by atoms with Crippen LogP contribution in [0.1, 0.15) is 30.4 Å². The Hall–Kier alpha value is -1.37. The van der Waals surface area contributed by atoms with E-state index in [4.69, 9.17) is 5.26 Å². The van der Waals surface area contributed by atoms with E-state index in [1.807, 2.05) is 24.3 Å². The van der Waals surface area contributed by atoms with Crippen LogP contribution in [0.2, 0.25) is 0 Å². The van der Waals surface area contributed by atoms with Crippen molar-refractivity contribution in [1.29, 1.82) is 5.26 Å². The van der Waals surface area contributed by atoms with Gasteiger partial charge in [0.25, 0.3) is 0 Å². The van der Waals surface area contributed by atoms with Crippen molar-refractivity contribution in [3.63, 3.8) is 0 Å². The Morgan fingerprint density at radius 2 is 1.94 bits per heavy atom. The van der Waals surface area contributed by atoms with Gasteiger partial charge in [-0.05, 0) is 48.9 Å². The van der Waals surface area contributed by atoms with Crippen molar-refractivity contribution >= 4 is 0 Å². The minimum absolute atomic E-state index is 0.323. The quantitative estimate of drug-likeness (QED) is 0.833. The van der Waals surface area contributed by atoms with Crippen LogP contribution in [-0.2, 0) is 6.54 Å². The standard InChI is InChI=1S/C15H20N2O/c16-8-12-4-6-13(7-5-12)9-17-10-14-2-1-3-15(14)11-18/h4-7,14-15,17-18H,1-3,9-11H2. The van der Waals surface area contributed by atoms with Gasteiger partial charge in [-0.2, -0.15) is 5.26 Å². The van der Waals surface area contributed by atoms with Gasteiger partial charge < -0.3 is 10.4 Å². The van der Waals surface area contributed by atoms with E-state index in [1.165, 1.54) is 24.8 Å². The van der Waals surface area contributed by atoms with Crippen LogP contribution in [0.3, 0.4) is 0 Å². The molecule has 1 aromatic rings. The highest BCUT2D eigenvalue weighted by molar-refractivity contribution is 5.31. The van der Waals surface area contributed by atoms with Crippen molar-refractivity contribution in [1.82, 2.24) is 5.32 Å². The highest BCUT2D eigenvalue weighted by atomic mass is 16.3. The number of rotatable bonds is 5. The molecule has 0 spiro atoms. The topological polar surface area (TPSA) is 56.0 Å². The van der Waals surface area contributed by atoms with Gasteiger partial charge in [-0.25, -0.2) is 0 Å². The van der Waals surface area contributed by atoms with Gasteiger partial charge in [-0.1, -0.05) is 18.6 Å². The van der Waals surface area contributed by atoms with Crippen molar-refractivity contribution in [3.05, 3.63) is 35.4 Å². The Bertz CT molecular complexity index is 407. The number of hydrogen-bond acceptors (Lipinski definition) is 3. The summed E-state index contributed by atoms with van der Waals surface area (Å²) in [6.45, 7) is 2.13. The van der Waals surface area contributed by atoms with Gasteiger partial charge in [0.05, 0.1) is 11.6 Å². The summed E-state index contributed by atoms with van der Waals surface area (Å²) < 4.78 is 0. The molecule has 3 nitrogen and oxygen atoms in total. The van der Waals surface area contributed by atoms with E-state index in [2.05, 4.69) is 11.4 Å². The molecule has 18 heavy (non-hydrogen) atoms. The zero-order valence-electron chi connectivity index (χ0n) is 10.6. The lowest BCUT2D eigenvalue weighted by Gasteiger charge is -2.17. The van der Waals surface area contributed by atoms with E-state index in [0.717, 1.165) is 13.1 Å². The molecule has 0 saturated heterocycles. The summed E-state index contributed by atoms with van der Waals surface area (Å²) in [6, 6.07) is 9.80. The summed E-state index contributed by atoms with van der Waals surface area (Å²) in [7, 11) is 0. The van der Waals surface area contributed by atoms with E-state index < -0.39 is 0 Å². The zero-order chi connectivity index (χ0) is 12.8. The molecule has 1 aliphatic rings. The average Bonchev–Trinajstić information content (AvgIpc) is 2.87. The van der Waals surface area contributed by atoms with Crippen LogP contribution >= 0.6 is 0 Å². The Labute approximate surface area is 108 Å². The number of nitrogens with zero attached hydrogens (tertiary/aromatic N) is 1. The van der Waals surface area contributed by atoms with Crippen molar-refractivity contribution in [3.8, 4) is 6.07 Å². The van der Waals surface area contributed by atoms with Crippen LogP contribution in [0.5, 0.6) is 0 Å². The Kier molecular flexibility index (Phi) is 4.74. The summed E-state index contributed by atoms with van der Waals surface area (Å²) in [5.74, 6) is 1.10. The molecule has 2 N–H and O–H groups in total. The van der Waals surface area contributed by atoms with E-state index in [0.29, 0.717) is 24.0 Å². The summed E-state index contributed by atoms with van der Waals surface area (Å²) >= 11 is 0. The first kappa shape index (κ1) is 13.1. The van der Waals surface area contributed by atoms with Crippen LogP contribution < -0.4 is 5.32 Å². The van der Waals surface area contributed by atoms with Gasteiger partial charge in [0.15, 0.2) is 0 Å². The number of aliphatic hydroxyl groups is 1. The summed E-state index contributed by atoms with van der Waals surface area (Å²) in [5.41, 5.74) is 1.91. The van der Waals surface area contributed by atoms with Gasteiger partial charge in [0, 0.05) is 13.2 Å². The molecule has 0 aliphatic heterocycles. The van der Waals surface area contributed by atoms with Gasteiger partial charge in [-0.15, -0.1) is 0 Å². The second-order valence-electron chi connectivity index (χ2n) is 5.07. The van der Waals surface area contributed by atoms with E-state index in [-0.39, 0.29) is 0 Å². The molecule has 0 aromatic heterocycles. The lowest BCUT2D eigenvalue weighted by molar-refractivity contribution is 0.192. The lowest BCUT2D eigenvalue weighted by atomic mass is 9.97. The summed E-state index contributed by atoms with van der Waals surface area (Å²) in [4.78, 5) is 0. The van der Waals surface area contributed by atoms with Gasteiger partial charge >= 0.3 is 0 Å². The number of hydrogen-bond donors (Lipinski definition) is 2. The van der Waals surface area contributed by atoms with Crippen LogP contribution in [0.25, 0.3) is 0 Å². The third-order valence-electron chi connectivity index (χ3n) is 3.87. The number of aliphatic hydroxyl groups excluding tert-OH is 1. The molecule has 2 atom stereocenters. The number of nitriles is 1. The zero-order valence-corrected chi connectivity index (χ0v) is 10.6. The molecule has 2 rings (SSSR count). The normalized spacial score (nSPS) is 22.9. The second-order valence-corrected chi connectivity index (χ2v) is 5.07. The molecule has 1 saturated carbocycles. The smallest absolute Gasteiger partial charge is 0.0991 e. The Morgan fingerprint density at radius 1 is 1.22 bits per heavy atom. The van der Waals surface area contributed by atoms with Crippen molar-refractivity contribution < 1.29 is 5.11 Å². The number of nitrogens with one attached hydrogen (secondary N) is 1. The monoisotopic (exact) mass is 244 g/mol. The Balaban J connectivity index is 1.76. The van der Waals surface area contributed by atoms with Crippen LogP contribution in [0, 0.1) is 23.2 Å². The van der Waals surface area contributed by atoms with Crippen molar-refractivity contribution in [2.24, 2.45) is 11.8 Å². The SMILES string of the molecule is N#Cc1ccc(CNCC2CCCC2CO)cc1. The predicted octanol–water partition coefficient (Wildman–Crippen LogP) is 2.06. The van der Waals surface area contributed by atoms with Crippen LogP contribution in [0.15, 0.2) is 24.3 Å². The van der Waals surface area contributed by atoms with Crippen LogP contribution in [-0.4, -0.2) is 18.3 Å². The lowest BCUT2D eigenvalue weighted by Crippen LogP contribution is -2.26. The minimum atomic E-state index is 0.323. The predicted molar refractivity (Wildman–Crippen MR) is 70.8 cm³/mol. The fourth-order valence-corrected chi connectivity index (χ4v) is 2.72. The second kappa shape index (κ2) is 6.53. The maximum atomic E-state index is 9.25. The maximum Gasteiger partial charge on any atom is 0.0991 e. The average molecular weight is 244 g/mol. The molecule has 2 unspecified atom stereocenters. The molecule has 0 bridgehead atoms. The molecule has 96 valence electrons. The maximum absolute atomic E-state index is 9.25. The highest BCUT2D eigenvalue weighted by Crippen LogP contribution is 2.30. The van der Waals surface area contributed by atoms with Gasteiger partial charge in [0.2, 0.25) is 0 Å². The third-order valence-corrected chi connectivity index (χ3v) is 3.87. The minimum Gasteiger partial charge on any atom is -0.396 e. The van der Waals surface area contributed by atoms with Gasteiger partial charge in [-0.3, -0.25) is 0 Å². The first-order valence-electron chi connectivity index (χ1n) is 6.64. The van der Waals surface area contributed by atoms with E-state index >= 15 is 0 Å². The van der Waals surface area contributed by atoms with Crippen molar-refractivity contribution in [2.75, 3.05) is 13.2 Å². The molecule has 0 radical (unpaired) electrons. The number of benzene rings is 1. The third kappa shape index (κ3) is 3.32.